The lowest BCUT2D eigenvalue weighted by Crippen LogP contribution is -2.49. The van der Waals surface area contributed by atoms with Gasteiger partial charge in [0.05, 0.1) is 6.54 Å². The highest BCUT2D eigenvalue weighted by Crippen LogP contribution is 2.18. The molecule has 3 rings (SSSR count). The van der Waals surface area contributed by atoms with Crippen molar-refractivity contribution in [3.05, 3.63) is 60.4 Å². The van der Waals surface area contributed by atoms with Crippen LogP contribution in [0.5, 0.6) is 5.75 Å². The van der Waals surface area contributed by atoms with Gasteiger partial charge in [0.15, 0.2) is 5.96 Å². The maximum Gasteiger partial charge on any atom is 0.243 e. The van der Waals surface area contributed by atoms with Gasteiger partial charge in [-0.3, -0.25) is 9.79 Å². The first-order valence-corrected chi connectivity index (χ1v) is 9.37. The molecule has 6 nitrogen and oxygen atoms in total. The molecular weight excluding hydrogens is 359 g/mol. The van der Waals surface area contributed by atoms with Crippen molar-refractivity contribution in [2.45, 2.75) is 18.9 Å². The predicted octanol–water partition coefficient (Wildman–Crippen LogP) is 2.88. The summed E-state index contributed by atoms with van der Waals surface area (Å²) in [6.45, 7) is 1.69. The number of anilines is 1. The summed E-state index contributed by atoms with van der Waals surface area (Å²) in [5.74, 6) is 1.03. The fraction of sp³-hybridized carbons (Fsp3) is 0.333. The first kappa shape index (κ1) is 19.7. The maximum atomic E-state index is 12.9. The topological polar surface area (TPSA) is 66.0 Å². The predicted molar refractivity (Wildman–Crippen MR) is 108 cm³/mol. The SMILES string of the molecule is CN=C(NCC(=O)Nc1ccc(F)cc1)N1CCC(Oc2ccccc2)CC1. The van der Waals surface area contributed by atoms with E-state index in [1.165, 1.54) is 24.3 Å². The zero-order valence-corrected chi connectivity index (χ0v) is 15.9. The molecule has 0 aliphatic carbocycles. The van der Waals surface area contributed by atoms with Crippen molar-refractivity contribution in [3.8, 4) is 5.75 Å². The summed E-state index contributed by atoms with van der Waals surface area (Å²) in [6, 6.07) is 15.5. The first-order valence-electron chi connectivity index (χ1n) is 9.37. The van der Waals surface area contributed by atoms with Crippen LogP contribution in [0.2, 0.25) is 0 Å². The van der Waals surface area contributed by atoms with Crippen molar-refractivity contribution in [1.82, 2.24) is 10.2 Å². The third kappa shape index (κ3) is 5.70. The first-order chi connectivity index (χ1) is 13.6. The van der Waals surface area contributed by atoms with Gasteiger partial charge < -0.3 is 20.3 Å². The van der Waals surface area contributed by atoms with Crippen molar-refractivity contribution < 1.29 is 13.9 Å². The molecule has 1 heterocycles. The highest BCUT2D eigenvalue weighted by molar-refractivity contribution is 5.95. The second-order valence-electron chi connectivity index (χ2n) is 6.57. The fourth-order valence-corrected chi connectivity index (χ4v) is 3.11. The van der Waals surface area contributed by atoms with Gasteiger partial charge in [-0.2, -0.15) is 0 Å². The normalized spacial score (nSPS) is 15.2. The largest absolute Gasteiger partial charge is 0.490 e. The number of para-hydroxylation sites is 1. The van der Waals surface area contributed by atoms with Crippen LogP contribution in [-0.2, 0) is 4.79 Å². The second-order valence-corrected chi connectivity index (χ2v) is 6.57. The van der Waals surface area contributed by atoms with Gasteiger partial charge in [0.1, 0.15) is 17.7 Å². The van der Waals surface area contributed by atoms with Crippen LogP contribution in [0.1, 0.15) is 12.8 Å². The average Bonchev–Trinajstić information content (AvgIpc) is 2.72. The standard InChI is InChI=1S/C21H25FN4O2/c1-23-21(24-15-20(27)25-17-9-7-16(22)8-10-17)26-13-11-19(12-14-26)28-18-5-3-2-4-6-18/h2-10,19H,11-15H2,1H3,(H,23,24)(H,25,27). The van der Waals surface area contributed by atoms with E-state index < -0.39 is 0 Å². The van der Waals surface area contributed by atoms with E-state index in [0.717, 1.165) is 31.7 Å². The van der Waals surface area contributed by atoms with Crippen molar-refractivity contribution in [2.75, 3.05) is 32.0 Å². The molecule has 1 saturated heterocycles. The van der Waals surface area contributed by atoms with E-state index in [1.54, 1.807) is 7.05 Å². The Balaban J connectivity index is 1.43. The molecule has 0 radical (unpaired) electrons. The molecule has 2 aromatic rings. The van der Waals surface area contributed by atoms with E-state index in [0.29, 0.717) is 11.6 Å². The third-order valence-corrected chi connectivity index (χ3v) is 4.53. The summed E-state index contributed by atoms with van der Waals surface area (Å²) in [4.78, 5) is 18.5. The van der Waals surface area contributed by atoms with E-state index >= 15 is 0 Å². The number of carbonyl (C=O) groups is 1. The van der Waals surface area contributed by atoms with Gasteiger partial charge in [-0.1, -0.05) is 18.2 Å². The molecule has 0 aromatic heterocycles. The van der Waals surface area contributed by atoms with Crippen molar-refractivity contribution in [2.24, 2.45) is 4.99 Å². The number of ether oxygens (including phenoxy) is 1. The van der Waals surface area contributed by atoms with Gasteiger partial charge in [0, 0.05) is 38.7 Å². The smallest absolute Gasteiger partial charge is 0.243 e. The molecule has 7 heteroatoms. The number of nitrogens with one attached hydrogen (secondary N) is 2. The van der Waals surface area contributed by atoms with Crippen LogP contribution in [0.15, 0.2) is 59.6 Å². The molecule has 0 bridgehead atoms. The number of piperidine rings is 1. The Bertz CT molecular complexity index is 788. The van der Waals surface area contributed by atoms with Crippen LogP contribution >= 0.6 is 0 Å². The number of rotatable bonds is 5. The minimum Gasteiger partial charge on any atom is -0.490 e. The highest BCUT2D eigenvalue weighted by atomic mass is 19.1. The summed E-state index contributed by atoms with van der Waals surface area (Å²) in [6.07, 6.45) is 1.95. The Morgan fingerprint density at radius 1 is 1.14 bits per heavy atom. The van der Waals surface area contributed by atoms with E-state index in [2.05, 4.69) is 20.5 Å². The van der Waals surface area contributed by atoms with Crippen molar-refractivity contribution in [1.29, 1.82) is 0 Å². The zero-order valence-electron chi connectivity index (χ0n) is 15.9. The van der Waals surface area contributed by atoms with Gasteiger partial charge in [0.25, 0.3) is 0 Å². The lowest BCUT2D eigenvalue weighted by atomic mass is 10.1. The zero-order chi connectivity index (χ0) is 19.8. The lowest BCUT2D eigenvalue weighted by Gasteiger charge is -2.34. The number of hydrogen-bond acceptors (Lipinski definition) is 3. The molecule has 28 heavy (non-hydrogen) atoms. The molecule has 1 amide bonds. The summed E-state index contributed by atoms with van der Waals surface area (Å²) in [7, 11) is 1.70. The van der Waals surface area contributed by atoms with Gasteiger partial charge in [-0.25, -0.2) is 4.39 Å². The number of nitrogens with zero attached hydrogens (tertiary/aromatic N) is 2. The molecule has 0 saturated carbocycles. The van der Waals surface area contributed by atoms with Gasteiger partial charge >= 0.3 is 0 Å². The summed E-state index contributed by atoms with van der Waals surface area (Å²) >= 11 is 0. The number of halogens is 1. The number of hydrogen-bond donors (Lipinski definition) is 2. The maximum absolute atomic E-state index is 12.9. The van der Waals surface area contributed by atoms with E-state index in [1.807, 2.05) is 30.3 Å². The monoisotopic (exact) mass is 384 g/mol. The van der Waals surface area contributed by atoms with Crippen LogP contribution in [0.3, 0.4) is 0 Å². The minimum atomic E-state index is -0.337. The Morgan fingerprint density at radius 3 is 2.46 bits per heavy atom. The fourth-order valence-electron chi connectivity index (χ4n) is 3.11. The molecule has 1 aliphatic heterocycles. The summed E-state index contributed by atoms with van der Waals surface area (Å²) < 4.78 is 18.9. The molecular formula is C21H25FN4O2. The molecule has 148 valence electrons. The molecule has 2 N–H and O–H groups in total. The number of guanidine groups is 1. The Labute approximate surface area is 164 Å². The minimum absolute atomic E-state index is 0.0878. The molecule has 0 spiro atoms. The Kier molecular flexibility index (Phi) is 6.84. The number of carbonyl (C=O) groups excluding carboxylic acids is 1. The number of aliphatic imine (C=N–C) groups is 1. The highest BCUT2D eigenvalue weighted by Gasteiger charge is 2.23. The summed E-state index contributed by atoms with van der Waals surface area (Å²) in [5, 5.41) is 5.81. The van der Waals surface area contributed by atoms with E-state index in [-0.39, 0.29) is 24.4 Å². The lowest BCUT2D eigenvalue weighted by molar-refractivity contribution is -0.115. The van der Waals surface area contributed by atoms with Crippen LogP contribution in [0.4, 0.5) is 10.1 Å². The third-order valence-electron chi connectivity index (χ3n) is 4.53. The molecule has 1 fully saturated rings. The van der Waals surface area contributed by atoms with Crippen molar-refractivity contribution >= 4 is 17.6 Å². The Morgan fingerprint density at radius 2 is 1.82 bits per heavy atom. The van der Waals surface area contributed by atoms with Crippen LogP contribution < -0.4 is 15.4 Å². The van der Waals surface area contributed by atoms with Gasteiger partial charge in [0.2, 0.25) is 5.91 Å². The molecule has 1 aliphatic rings. The number of benzene rings is 2. The van der Waals surface area contributed by atoms with Crippen LogP contribution in [0, 0.1) is 5.82 Å². The number of likely N-dealkylation sites (tertiary alicyclic amines) is 1. The Hall–Kier alpha value is -3.09. The molecule has 0 atom stereocenters. The molecule has 0 unspecified atom stereocenters. The van der Waals surface area contributed by atoms with E-state index in [9.17, 15) is 9.18 Å². The van der Waals surface area contributed by atoms with Gasteiger partial charge in [-0.05, 0) is 36.4 Å². The van der Waals surface area contributed by atoms with Crippen molar-refractivity contribution in [3.63, 3.8) is 0 Å². The van der Waals surface area contributed by atoms with E-state index in [4.69, 9.17) is 4.74 Å². The number of amides is 1. The van der Waals surface area contributed by atoms with Gasteiger partial charge in [-0.15, -0.1) is 0 Å². The second kappa shape index (κ2) is 9.73. The molecule has 2 aromatic carbocycles. The quantitative estimate of drug-likeness (QED) is 0.615. The van der Waals surface area contributed by atoms with Crippen LogP contribution in [-0.4, -0.2) is 49.6 Å². The van der Waals surface area contributed by atoms with Crippen LogP contribution in [0.25, 0.3) is 0 Å². The summed E-state index contributed by atoms with van der Waals surface area (Å²) in [5.41, 5.74) is 0.557. The average molecular weight is 384 g/mol.